The van der Waals surface area contributed by atoms with Gasteiger partial charge in [-0.1, -0.05) is 170 Å². The van der Waals surface area contributed by atoms with Crippen molar-refractivity contribution in [1.82, 2.24) is 9.97 Å². The number of hydrogen-bond acceptors (Lipinski definition) is 2. The molecule has 2 nitrogen and oxygen atoms in total. The predicted molar refractivity (Wildman–Crippen MR) is 245 cm³/mol. The summed E-state index contributed by atoms with van der Waals surface area (Å²) in [5.74, 6) is 0.811. The van der Waals surface area contributed by atoms with E-state index >= 15 is 0 Å². The Labute approximate surface area is 346 Å². The molecule has 0 spiro atoms. The molecule has 1 aliphatic rings. The van der Waals surface area contributed by atoms with Crippen molar-refractivity contribution in [1.29, 1.82) is 0 Å². The van der Waals surface area contributed by atoms with Crippen LogP contribution in [0.15, 0.2) is 194 Å². The number of rotatable bonds is 8. The van der Waals surface area contributed by atoms with Crippen LogP contribution in [0.3, 0.4) is 0 Å². The summed E-state index contributed by atoms with van der Waals surface area (Å²) in [5.41, 5.74) is 19.2. The molecule has 2 aromatic heterocycles. The molecule has 280 valence electrons. The van der Waals surface area contributed by atoms with Gasteiger partial charge < -0.3 is 0 Å². The number of allylic oxidation sites excluding steroid dienone is 4. The second kappa shape index (κ2) is 16.1. The topological polar surface area (TPSA) is 25.8 Å². The third-order valence-electron chi connectivity index (χ3n) is 11.5. The minimum atomic E-state index is 0.356. The van der Waals surface area contributed by atoms with Gasteiger partial charge in [0.15, 0.2) is 0 Å². The number of aryl methyl sites for hydroxylation is 2. The standard InChI is InChI=1S/C55H43ClN2/c1-36-13-7-8-16-47(36)53-35-58-55(30-38(53)3)43-27-23-41(24-28-43)49-18-10-12-20-51(49)45-31-44(32-46(56)33-45)50-19-11-9-17-48(50)40-21-25-42(26-22-40)54-29-37(2)52(34-57-54)39-14-5-4-6-15-39/h4-36,47H,1-3H3. The van der Waals surface area contributed by atoms with Crippen LogP contribution >= 0.6 is 11.6 Å². The molecule has 6 aromatic carbocycles. The second-order valence-electron chi connectivity index (χ2n) is 15.3. The first-order chi connectivity index (χ1) is 28.4. The lowest BCUT2D eigenvalue weighted by molar-refractivity contribution is 0.630. The third kappa shape index (κ3) is 7.47. The number of benzene rings is 6. The summed E-state index contributed by atoms with van der Waals surface area (Å²) in [4.78, 5) is 9.77. The Morgan fingerprint density at radius 2 is 0.862 bits per heavy atom. The zero-order chi connectivity index (χ0) is 39.6. The molecule has 8 aromatic rings. The van der Waals surface area contributed by atoms with Gasteiger partial charge in [-0.25, -0.2) is 0 Å². The number of aromatic nitrogens is 2. The van der Waals surface area contributed by atoms with Crippen LogP contribution < -0.4 is 0 Å². The Balaban J connectivity index is 0.993. The first kappa shape index (κ1) is 37.0. The zero-order valence-corrected chi connectivity index (χ0v) is 33.7. The molecule has 2 unspecified atom stereocenters. The normalized spacial score (nSPS) is 14.8. The Morgan fingerprint density at radius 3 is 1.38 bits per heavy atom. The zero-order valence-electron chi connectivity index (χ0n) is 32.9. The highest BCUT2D eigenvalue weighted by atomic mass is 35.5. The van der Waals surface area contributed by atoms with Gasteiger partial charge in [-0.3, -0.25) is 9.97 Å². The molecule has 0 fully saturated rings. The van der Waals surface area contributed by atoms with E-state index in [-0.39, 0.29) is 0 Å². The van der Waals surface area contributed by atoms with Crippen molar-refractivity contribution in [3.63, 3.8) is 0 Å². The Morgan fingerprint density at radius 1 is 0.414 bits per heavy atom. The molecule has 1 aliphatic carbocycles. The second-order valence-corrected chi connectivity index (χ2v) is 15.7. The van der Waals surface area contributed by atoms with Gasteiger partial charge in [-0.15, -0.1) is 0 Å². The van der Waals surface area contributed by atoms with E-state index in [0.717, 1.165) is 72.6 Å². The fourth-order valence-electron chi connectivity index (χ4n) is 8.33. The maximum absolute atomic E-state index is 6.95. The maximum Gasteiger partial charge on any atom is 0.0705 e. The summed E-state index contributed by atoms with van der Waals surface area (Å²) < 4.78 is 0. The van der Waals surface area contributed by atoms with Crippen molar-refractivity contribution in [2.75, 3.05) is 0 Å². The molecule has 58 heavy (non-hydrogen) atoms. The van der Waals surface area contributed by atoms with Crippen LogP contribution in [-0.2, 0) is 0 Å². The smallest absolute Gasteiger partial charge is 0.0705 e. The highest BCUT2D eigenvalue weighted by Gasteiger charge is 2.19. The molecule has 0 bridgehead atoms. The third-order valence-corrected chi connectivity index (χ3v) is 11.7. The van der Waals surface area contributed by atoms with E-state index in [4.69, 9.17) is 21.6 Å². The molecule has 2 atom stereocenters. The number of nitrogens with zero attached hydrogens (tertiary/aromatic N) is 2. The van der Waals surface area contributed by atoms with Crippen molar-refractivity contribution in [3.05, 3.63) is 216 Å². The Kier molecular flexibility index (Phi) is 10.3. The SMILES string of the molecule is Cc1cc(-c2ccc(-c3ccccc3-c3cc(Cl)cc(-c4ccccc4-c4ccc(-c5cc(C)c(C6C=CC=CC6C)cn5)cc4)c3)cc2)ncc1-c1ccccc1. The quantitative estimate of drug-likeness (QED) is 0.154. The number of pyridine rings is 2. The van der Waals surface area contributed by atoms with Gasteiger partial charge in [0, 0.05) is 40.0 Å². The van der Waals surface area contributed by atoms with E-state index in [1.54, 1.807) is 0 Å². The molecule has 0 radical (unpaired) electrons. The van der Waals surface area contributed by atoms with Gasteiger partial charge in [-0.2, -0.15) is 0 Å². The summed E-state index contributed by atoms with van der Waals surface area (Å²) in [6.45, 7) is 6.62. The van der Waals surface area contributed by atoms with E-state index in [9.17, 15) is 0 Å². The van der Waals surface area contributed by atoms with E-state index in [1.807, 2.05) is 12.3 Å². The van der Waals surface area contributed by atoms with Gasteiger partial charge in [0.2, 0.25) is 0 Å². The Bertz CT molecular complexity index is 2820. The average molecular weight is 767 g/mol. The van der Waals surface area contributed by atoms with Crippen molar-refractivity contribution < 1.29 is 0 Å². The lowest BCUT2D eigenvalue weighted by Gasteiger charge is -2.22. The van der Waals surface area contributed by atoms with Gasteiger partial charge in [0.05, 0.1) is 11.4 Å². The van der Waals surface area contributed by atoms with Gasteiger partial charge in [0.25, 0.3) is 0 Å². The molecular weight excluding hydrogens is 724 g/mol. The Hall–Kier alpha value is -6.61. The lowest BCUT2D eigenvalue weighted by Crippen LogP contribution is -2.09. The molecule has 0 amide bonds. The highest BCUT2D eigenvalue weighted by molar-refractivity contribution is 6.31. The molecule has 3 heteroatoms. The molecule has 2 heterocycles. The molecule has 0 aliphatic heterocycles. The van der Waals surface area contributed by atoms with Crippen LogP contribution in [0.1, 0.15) is 29.5 Å². The molecule has 9 rings (SSSR count). The van der Waals surface area contributed by atoms with Gasteiger partial charge in [-0.05, 0) is 117 Å². The van der Waals surface area contributed by atoms with Crippen LogP contribution in [0.4, 0.5) is 0 Å². The summed E-state index contributed by atoms with van der Waals surface area (Å²) in [5, 5.41) is 0.697. The molecule has 0 saturated heterocycles. The van der Waals surface area contributed by atoms with Crippen molar-refractivity contribution in [2.24, 2.45) is 5.92 Å². The summed E-state index contributed by atoms with van der Waals surface area (Å²) >= 11 is 6.95. The fourth-order valence-corrected chi connectivity index (χ4v) is 8.56. The van der Waals surface area contributed by atoms with Crippen molar-refractivity contribution >= 4 is 11.6 Å². The van der Waals surface area contributed by atoms with E-state index in [2.05, 4.69) is 203 Å². The van der Waals surface area contributed by atoms with Gasteiger partial charge >= 0.3 is 0 Å². The summed E-state index contributed by atoms with van der Waals surface area (Å²) in [7, 11) is 0. The van der Waals surface area contributed by atoms with E-state index in [1.165, 1.54) is 22.3 Å². The monoisotopic (exact) mass is 766 g/mol. The summed E-state index contributed by atoms with van der Waals surface area (Å²) in [6, 6.07) is 55.9. The van der Waals surface area contributed by atoms with Crippen LogP contribution in [0.2, 0.25) is 5.02 Å². The minimum Gasteiger partial charge on any atom is -0.256 e. The van der Waals surface area contributed by atoms with Crippen LogP contribution in [0.5, 0.6) is 0 Å². The number of halogens is 1. The largest absolute Gasteiger partial charge is 0.256 e. The van der Waals surface area contributed by atoms with Crippen molar-refractivity contribution in [3.8, 4) is 78.1 Å². The first-order valence-corrected chi connectivity index (χ1v) is 20.3. The van der Waals surface area contributed by atoms with Crippen molar-refractivity contribution in [2.45, 2.75) is 26.7 Å². The predicted octanol–water partition coefficient (Wildman–Crippen LogP) is 15.3. The summed E-state index contributed by atoms with van der Waals surface area (Å²) in [6.07, 6.45) is 12.9. The van der Waals surface area contributed by atoms with Crippen LogP contribution in [0.25, 0.3) is 78.1 Å². The first-order valence-electron chi connectivity index (χ1n) is 19.9. The molecular formula is C55H43ClN2. The lowest BCUT2D eigenvalue weighted by atomic mass is 9.83. The number of hydrogen-bond donors (Lipinski definition) is 0. The van der Waals surface area contributed by atoms with Crippen LogP contribution in [-0.4, -0.2) is 9.97 Å². The fraction of sp³-hybridized carbons (Fsp3) is 0.0909. The van der Waals surface area contributed by atoms with E-state index in [0.29, 0.717) is 16.9 Å². The van der Waals surface area contributed by atoms with E-state index < -0.39 is 0 Å². The maximum atomic E-state index is 6.95. The van der Waals surface area contributed by atoms with Gasteiger partial charge in [0.1, 0.15) is 0 Å². The molecule has 0 N–H and O–H groups in total. The minimum absolute atomic E-state index is 0.356. The average Bonchev–Trinajstić information content (AvgIpc) is 3.27. The molecule has 0 saturated carbocycles. The van der Waals surface area contributed by atoms with Crippen LogP contribution in [0, 0.1) is 19.8 Å². The highest BCUT2D eigenvalue weighted by Crippen LogP contribution is 2.40.